The SMILES string of the molecule is Clc1ccc2c(n1)C1(c3cccnc3-2)C2CC3CC(C2)CC1C3. The third-order valence-corrected chi connectivity index (χ3v) is 7.40. The van der Waals surface area contributed by atoms with Crippen LogP contribution in [0.25, 0.3) is 11.3 Å². The van der Waals surface area contributed by atoms with Crippen LogP contribution in [-0.4, -0.2) is 9.97 Å². The normalized spacial score (nSPS) is 38.8. The number of hydrogen-bond donors (Lipinski definition) is 0. The predicted octanol–water partition coefficient (Wildman–Crippen LogP) is 4.85. The number of aromatic nitrogens is 2. The van der Waals surface area contributed by atoms with Crippen molar-refractivity contribution in [2.24, 2.45) is 23.7 Å². The van der Waals surface area contributed by atoms with E-state index in [9.17, 15) is 0 Å². The molecule has 0 aromatic carbocycles. The van der Waals surface area contributed by atoms with E-state index in [1.165, 1.54) is 54.6 Å². The molecule has 3 heteroatoms. The number of hydrogen-bond acceptors (Lipinski definition) is 2. The molecule has 0 saturated heterocycles. The van der Waals surface area contributed by atoms with Crippen LogP contribution in [0.1, 0.15) is 43.4 Å². The van der Waals surface area contributed by atoms with Crippen molar-refractivity contribution in [3.8, 4) is 11.3 Å². The quantitative estimate of drug-likeness (QED) is 0.648. The van der Waals surface area contributed by atoms with Crippen molar-refractivity contribution < 1.29 is 0 Å². The van der Waals surface area contributed by atoms with Crippen molar-refractivity contribution in [1.82, 2.24) is 9.97 Å². The Balaban J connectivity index is 1.69. The van der Waals surface area contributed by atoms with Gasteiger partial charge in [-0.3, -0.25) is 4.98 Å². The number of rotatable bonds is 0. The molecule has 0 radical (unpaired) electrons. The number of nitrogens with zero attached hydrogens (tertiary/aromatic N) is 2. The van der Waals surface area contributed by atoms with Crippen LogP contribution < -0.4 is 0 Å². The van der Waals surface area contributed by atoms with Gasteiger partial charge in [-0.15, -0.1) is 0 Å². The Hall–Kier alpha value is -1.41. The lowest BCUT2D eigenvalue weighted by Gasteiger charge is -2.60. The van der Waals surface area contributed by atoms with E-state index in [-0.39, 0.29) is 5.41 Å². The highest BCUT2D eigenvalue weighted by Gasteiger charge is 2.62. The molecule has 5 aliphatic carbocycles. The summed E-state index contributed by atoms with van der Waals surface area (Å²) in [5, 5.41) is 0.629. The summed E-state index contributed by atoms with van der Waals surface area (Å²) in [6, 6.07) is 8.50. The molecule has 2 aromatic heterocycles. The van der Waals surface area contributed by atoms with Crippen LogP contribution in [0.4, 0.5) is 0 Å². The molecule has 2 nitrogen and oxygen atoms in total. The predicted molar refractivity (Wildman–Crippen MR) is 90.3 cm³/mol. The molecule has 4 saturated carbocycles. The highest BCUT2D eigenvalue weighted by molar-refractivity contribution is 6.29. The Morgan fingerprint density at radius 2 is 1.70 bits per heavy atom. The lowest BCUT2D eigenvalue weighted by atomic mass is 9.44. The van der Waals surface area contributed by atoms with E-state index in [1.807, 2.05) is 12.3 Å². The second-order valence-corrected chi connectivity index (χ2v) is 8.49. The minimum atomic E-state index is 0.0945. The Morgan fingerprint density at radius 3 is 2.43 bits per heavy atom. The minimum absolute atomic E-state index is 0.0945. The molecular weight excluding hydrogens is 304 g/mol. The molecule has 0 unspecified atom stereocenters. The Bertz CT molecular complexity index is 800. The summed E-state index contributed by atoms with van der Waals surface area (Å²) in [7, 11) is 0. The zero-order valence-corrected chi connectivity index (χ0v) is 13.8. The van der Waals surface area contributed by atoms with Gasteiger partial charge in [0.15, 0.2) is 0 Å². The molecule has 4 bridgehead atoms. The first-order valence-electron chi connectivity index (χ1n) is 8.89. The second kappa shape index (κ2) is 4.16. The van der Waals surface area contributed by atoms with Crippen LogP contribution in [0.5, 0.6) is 0 Å². The molecule has 5 aliphatic rings. The Morgan fingerprint density at radius 1 is 0.957 bits per heavy atom. The van der Waals surface area contributed by atoms with Gasteiger partial charge in [-0.1, -0.05) is 17.7 Å². The van der Waals surface area contributed by atoms with E-state index in [2.05, 4.69) is 18.2 Å². The van der Waals surface area contributed by atoms with Gasteiger partial charge in [-0.2, -0.15) is 0 Å². The fraction of sp³-hybridized carbons (Fsp3) is 0.500. The summed E-state index contributed by atoms with van der Waals surface area (Å²) in [5.74, 6) is 3.36. The van der Waals surface area contributed by atoms with E-state index in [0.717, 1.165) is 23.7 Å². The summed E-state index contributed by atoms with van der Waals surface area (Å²) in [6.45, 7) is 0. The van der Waals surface area contributed by atoms with Gasteiger partial charge >= 0.3 is 0 Å². The molecule has 0 atom stereocenters. The van der Waals surface area contributed by atoms with Gasteiger partial charge in [-0.05, 0) is 79.5 Å². The maximum absolute atomic E-state index is 6.33. The first kappa shape index (κ1) is 12.9. The van der Waals surface area contributed by atoms with E-state index in [4.69, 9.17) is 21.6 Å². The topological polar surface area (TPSA) is 25.8 Å². The van der Waals surface area contributed by atoms with Gasteiger partial charge < -0.3 is 0 Å². The van der Waals surface area contributed by atoms with E-state index in [1.54, 1.807) is 0 Å². The molecule has 2 heterocycles. The average molecular weight is 323 g/mol. The van der Waals surface area contributed by atoms with Gasteiger partial charge in [0, 0.05) is 17.2 Å². The number of pyridine rings is 2. The third kappa shape index (κ3) is 1.43. The molecule has 4 fully saturated rings. The van der Waals surface area contributed by atoms with E-state index >= 15 is 0 Å². The summed E-state index contributed by atoms with van der Waals surface area (Å²) >= 11 is 6.33. The lowest BCUT2D eigenvalue weighted by Crippen LogP contribution is -2.55. The average Bonchev–Trinajstić information content (AvgIpc) is 2.83. The number of fused-ring (bicyclic) bond motifs is 3. The van der Waals surface area contributed by atoms with Crippen LogP contribution in [-0.2, 0) is 5.41 Å². The van der Waals surface area contributed by atoms with Crippen LogP contribution in [0.2, 0.25) is 5.15 Å². The van der Waals surface area contributed by atoms with Crippen molar-refractivity contribution in [2.45, 2.75) is 37.5 Å². The second-order valence-electron chi connectivity index (χ2n) is 8.10. The maximum atomic E-state index is 6.33. The van der Waals surface area contributed by atoms with Gasteiger partial charge in [0.05, 0.1) is 11.4 Å². The van der Waals surface area contributed by atoms with E-state index < -0.39 is 0 Å². The minimum Gasteiger partial charge on any atom is -0.256 e. The Labute approximate surface area is 141 Å². The molecule has 0 aliphatic heterocycles. The molecule has 23 heavy (non-hydrogen) atoms. The van der Waals surface area contributed by atoms with Crippen molar-refractivity contribution in [3.63, 3.8) is 0 Å². The molecular formula is C20H19ClN2. The van der Waals surface area contributed by atoms with Crippen LogP contribution in [0, 0.1) is 23.7 Å². The highest BCUT2D eigenvalue weighted by Crippen LogP contribution is 2.68. The lowest BCUT2D eigenvalue weighted by molar-refractivity contribution is -0.0416. The van der Waals surface area contributed by atoms with Crippen LogP contribution in [0.3, 0.4) is 0 Å². The molecule has 0 amide bonds. The largest absolute Gasteiger partial charge is 0.256 e. The summed E-state index contributed by atoms with van der Waals surface area (Å²) in [4.78, 5) is 9.65. The zero-order chi connectivity index (χ0) is 15.2. The molecule has 0 N–H and O–H groups in total. The van der Waals surface area contributed by atoms with Gasteiger partial charge in [0.2, 0.25) is 0 Å². The van der Waals surface area contributed by atoms with Crippen molar-refractivity contribution in [2.75, 3.05) is 0 Å². The summed E-state index contributed by atoms with van der Waals surface area (Å²) in [6.07, 6.45) is 8.87. The smallest absolute Gasteiger partial charge is 0.129 e. The fourth-order valence-corrected chi connectivity index (χ4v) is 6.92. The molecule has 7 rings (SSSR count). The fourth-order valence-electron chi connectivity index (χ4n) is 6.78. The zero-order valence-electron chi connectivity index (χ0n) is 13.0. The first-order valence-corrected chi connectivity index (χ1v) is 9.27. The van der Waals surface area contributed by atoms with Gasteiger partial charge in [0.1, 0.15) is 5.15 Å². The molecule has 2 aromatic rings. The van der Waals surface area contributed by atoms with Crippen molar-refractivity contribution in [3.05, 3.63) is 46.9 Å². The third-order valence-electron chi connectivity index (χ3n) is 7.19. The monoisotopic (exact) mass is 322 g/mol. The summed E-state index contributed by atoms with van der Waals surface area (Å²) < 4.78 is 0. The molecule has 116 valence electrons. The first-order chi connectivity index (χ1) is 11.3. The van der Waals surface area contributed by atoms with Gasteiger partial charge in [-0.25, -0.2) is 4.98 Å². The van der Waals surface area contributed by atoms with Crippen molar-refractivity contribution >= 4 is 11.6 Å². The summed E-state index contributed by atoms with van der Waals surface area (Å²) in [5.41, 5.74) is 5.18. The number of halogens is 1. The molecule has 1 spiro atoms. The maximum Gasteiger partial charge on any atom is 0.129 e. The van der Waals surface area contributed by atoms with E-state index in [0.29, 0.717) is 5.15 Å². The highest BCUT2D eigenvalue weighted by atomic mass is 35.5. The van der Waals surface area contributed by atoms with Crippen LogP contribution >= 0.6 is 11.6 Å². The van der Waals surface area contributed by atoms with Gasteiger partial charge in [0.25, 0.3) is 0 Å². The standard InChI is InChI=1S/C20H19ClN2/c21-17-4-3-15-18-16(2-1-5-22-18)20(19(15)23-17)13-7-11-6-12(9-13)10-14(20)8-11/h1-5,11-14H,6-10H2. The van der Waals surface area contributed by atoms with Crippen molar-refractivity contribution in [1.29, 1.82) is 0 Å². The van der Waals surface area contributed by atoms with Crippen LogP contribution in [0.15, 0.2) is 30.5 Å². The Kier molecular flexibility index (Phi) is 2.34.